The van der Waals surface area contributed by atoms with Crippen molar-refractivity contribution in [2.45, 2.75) is 25.2 Å². The van der Waals surface area contributed by atoms with E-state index in [1.165, 1.54) is 16.4 Å². The lowest BCUT2D eigenvalue weighted by Gasteiger charge is -2.28. The highest BCUT2D eigenvalue weighted by atomic mass is 32.2. The molecule has 2 aromatic carbocycles. The van der Waals surface area contributed by atoms with E-state index in [2.05, 4.69) is 4.90 Å². The molecule has 0 saturated carbocycles. The van der Waals surface area contributed by atoms with Crippen molar-refractivity contribution in [3.05, 3.63) is 65.5 Å². The lowest BCUT2D eigenvalue weighted by molar-refractivity contribution is 0.0458. The molecule has 2 atom stereocenters. The predicted octanol–water partition coefficient (Wildman–Crippen LogP) is 1.95. The van der Waals surface area contributed by atoms with Crippen LogP contribution in [0.4, 0.5) is 4.39 Å². The molecule has 0 amide bonds. The molecule has 4 rings (SSSR count). The van der Waals surface area contributed by atoms with Crippen molar-refractivity contribution in [1.29, 1.82) is 0 Å². The van der Waals surface area contributed by atoms with Crippen LogP contribution in [0.15, 0.2) is 48.5 Å². The van der Waals surface area contributed by atoms with Gasteiger partial charge in [0.15, 0.2) is 0 Å². The molecule has 28 heavy (non-hydrogen) atoms. The summed E-state index contributed by atoms with van der Waals surface area (Å²) in [6, 6.07) is 12.8. The van der Waals surface area contributed by atoms with Crippen molar-refractivity contribution in [3.8, 4) is 5.75 Å². The van der Waals surface area contributed by atoms with Crippen LogP contribution in [-0.4, -0.2) is 60.3 Å². The van der Waals surface area contributed by atoms with E-state index in [0.717, 1.165) is 5.56 Å². The minimum Gasteiger partial charge on any atom is -0.508 e. The fourth-order valence-corrected chi connectivity index (χ4v) is 5.45. The Morgan fingerprint density at radius 3 is 2.71 bits per heavy atom. The number of rotatable bonds is 4. The summed E-state index contributed by atoms with van der Waals surface area (Å²) < 4.78 is 46.6. The summed E-state index contributed by atoms with van der Waals surface area (Å²) in [7, 11) is -3.52. The first-order valence-electron chi connectivity index (χ1n) is 9.27. The normalized spacial score (nSPS) is 25.3. The minimum absolute atomic E-state index is 0.0746. The second-order valence-corrected chi connectivity index (χ2v) is 9.33. The summed E-state index contributed by atoms with van der Waals surface area (Å²) in [4.78, 5) is 2.09. The van der Waals surface area contributed by atoms with Crippen LogP contribution in [0.25, 0.3) is 0 Å². The van der Waals surface area contributed by atoms with Crippen molar-refractivity contribution in [2.24, 2.45) is 0 Å². The SMILES string of the molecule is O=S1(=O)CCO[C@H]2CN(Cc3ccccc3O)C[C@H]2N1Cc1cccc(F)c1. The summed E-state index contributed by atoms with van der Waals surface area (Å²) >= 11 is 0. The molecule has 2 fully saturated rings. The van der Waals surface area contributed by atoms with E-state index in [9.17, 15) is 17.9 Å². The Kier molecular flexibility index (Phi) is 5.37. The van der Waals surface area contributed by atoms with E-state index in [1.54, 1.807) is 24.3 Å². The molecule has 8 heteroatoms. The van der Waals surface area contributed by atoms with E-state index >= 15 is 0 Å². The Labute approximate surface area is 164 Å². The molecule has 2 heterocycles. The predicted molar refractivity (Wildman–Crippen MR) is 103 cm³/mol. The Morgan fingerprint density at radius 2 is 1.93 bits per heavy atom. The van der Waals surface area contributed by atoms with Crippen LogP contribution in [0.2, 0.25) is 0 Å². The van der Waals surface area contributed by atoms with Crippen LogP contribution in [0.5, 0.6) is 5.75 Å². The van der Waals surface area contributed by atoms with Crippen molar-refractivity contribution < 1.29 is 22.7 Å². The number of likely N-dealkylation sites (tertiary alicyclic amines) is 1. The number of hydrogen-bond donors (Lipinski definition) is 1. The number of ether oxygens (including phenoxy) is 1. The topological polar surface area (TPSA) is 70.1 Å². The van der Waals surface area contributed by atoms with Crippen LogP contribution >= 0.6 is 0 Å². The van der Waals surface area contributed by atoms with Gasteiger partial charge in [-0.25, -0.2) is 12.8 Å². The minimum atomic E-state index is -3.52. The smallest absolute Gasteiger partial charge is 0.217 e. The molecule has 0 spiro atoms. The maximum absolute atomic E-state index is 13.6. The molecule has 0 bridgehead atoms. The summed E-state index contributed by atoms with van der Waals surface area (Å²) in [5.41, 5.74) is 1.40. The third-order valence-electron chi connectivity index (χ3n) is 5.33. The van der Waals surface area contributed by atoms with Crippen LogP contribution < -0.4 is 0 Å². The molecule has 0 aliphatic carbocycles. The van der Waals surface area contributed by atoms with Crippen LogP contribution in [0.3, 0.4) is 0 Å². The van der Waals surface area contributed by atoms with Gasteiger partial charge in [-0.15, -0.1) is 0 Å². The van der Waals surface area contributed by atoms with Gasteiger partial charge in [0.2, 0.25) is 10.0 Å². The zero-order valence-electron chi connectivity index (χ0n) is 15.4. The third kappa shape index (κ3) is 4.05. The Balaban J connectivity index is 1.57. The number of hydrogen-bond acceptors (Lipinski definition) is 5. The average molecular weight is 406 g/mol. The van der Waals surface area contributed by atoms with Crippen molar-refractivity contribution >= 4 is 10.0 Å². The molecule has 2 aliphatic rings. The zero-order chi connectivity index (χ0) is 19.7. The number of sulfonamides is 1. The molecule has 6 nitrogen and oxygen atoms in total. The molecule has 150 valence electrons. The Morgan fingerprint density at radius 1 is 1.11 bits per heavy atom. The first kappa shape index (κ1) is 19.3. The number of fused-ring (bicyclic) bond motifs is 1. The lowest BCUT2D eigenvalue weighted by atomic mass is 10.1. The van der Waals surface area contributed by atoms with Gasteiger partial charge >= 0.3 is 0 Å². The fraction of sp³-hybridized carbons (Fsp3) is 0.400. The fourth-order valence-electron chi connectivity index (χ4n) is 3.95. The van der Waals surface area contributed by atoms with E-state index in [0.29, 0.717) is 25.2 Å². The molecule has 2 aliphatic heterocycles. The van der Waals surface area contributed by atoms with E-state index in [1.807, 2.05) is 12.1 Å². The third-order valence-corrected chi connectivity index (χ3v) is 7.12. The number of aromatic hydroxyl groups is 1. The highest BCUT2D eigenvalue weighted by molar-refractivity contribution is 7.89. The summed E-state index contributed by atoms with van der Waals surface area (Å²) in [5, 5.41) is 10.0. The van der Waals surface area contributed by atoms with Crippen LogP contribution in [0.1, 0.15) is 11.1 Å². The molecule has 0 radical (unpaired) electrons. The van der Waals surface area contributed by atoms with Crippen molar-refractivity contribution in [1.82, 2.24) is 9.21 Å². The van der Waals surface area contributed by atoms with Crippen LogP contribution in [0, 0.1) is 5.82 Å². The van der Waals surface area contributed by atoms with Gasteiger partial charge in [-0.2, -0.15) is 4.31 Å². The summed E-state index contributed by atoms with van der Waals surface area (Å²) in [6.07, 6.45) is -0.253. The highest BCUT2D eigenvalue weighted by Crippen LogP contribution is 2.29. The van der Waals surface area contributed by atoms with Gasteiger partial charge < -0.3 is 9.84 Å². The average Bonchev–Trinajstić information content (AvgIpc) is 2.99. The lowest BCUT2D eigenvalue weighted by Crippen LogP contribution is -2.45. The van der Waals surface area contributed by atoms with Gasteiger partial charge in [0, 0.05) is 31.7 Å². The monoisotopic (exact) mass is 406 g/mol. The molecular formula is C20H23FN2O4S. The number of nitrogens with zero attached hydrogens (tertiary/aromatic N) is 2. The Bertz CT molecular complexity index is 953. The molecule has 2 aromatic rings. The highest BCUT2D eigenvalue weighted by Gasteiger charge is 2.44. The van der Waals surface area contributed by atoms with Gasteiger partial charge in [0.05, 0.1) is 24.5 Å². The first-order valence-corrected chi connectivity index (χ1v) is 10.9. The van der Waals surface area contributed by atoms with E-state index in [-0.39, 0.29) is 42.6 Å². The second kappa shape index (κ2) is 7.79. The van der Waals surface area contributed by atoms with Gasteiger partial charge in [-0.1, -0.05) is 30.3 Å². The zero-order valence-corrected chi connectivity index (χ0v) is 16.2. The number of phenolic OH excluding ortho intramolecular Hbond substituents is 1. The van der Waals surface area contributed by atoms with Gasteiger partial charge in [0.25, 0.3) is 0 Å². The van der Waals surface area contributed by atoms with Gasteiger partial charge in [0.1, 0.15) is 11.6 Å². The number of phenols is 1. The molecule has 1 N–H and O–H groups in total. The van der Waals surface area contributed by atoms with Gasteiger partial charge in [-0.3, -0.25) is 4.90 Å². The number of benzene rings is 2. The molecule has 0 aromatic heterocycles. The maximum atomic E-state index is 13.6. The van der Waals surface area contributed by atoms with Crippen molar-refractivity contribution in [3.63, 3.8) is 0 Å². The maximum Gasteiger partial charge on any atom is 0.217 e. The van der Waals surface area contributed by atoms with Crippen LogP contribution in [-0.2, 0) is 27.8 Å². The standard InChI is InChI=1S/C20H23FN2O4S/c21-17-6-3-4-15(10-17)11-23-18-13-22(12-16-5-1-2-7-19(16)24)14-20(18)27-8-9-28(23,25)26/h1-7,10,18,20,24H,8-9,11-14H2/t18-,20+/m1/s1. The quantitative estimate of drug-likeness (QED) is 0.841. The number of para-hydroxylation sites is 1. The molecular weight excluding hydrogens is 383 g/mol. The molecule has 2 saturated heterocycles. The first-order chi connectivity index (χ1) is 13.4. The molecule has 0 unspecified atom stereocenters. The van der Waals surface area contributed by atoms with Crippen molar-refractivity contribution in [2.75, 3.05) is 25.4 Å². The summed E-state index contributed by atoms with van der Waals surface area (Å²) in [6.45, 7) is 1.85. The Hall–Kier alpha value is -2.00. The largest absolute Gasteiger partial charge is 0.508 e. The second-order valence-electron chi connectivity index (χ2n) is 7.29. The number of halogens is 1. The van der Waals surface area contributed by atoms with E-state index in [4.69, 9.17) is 4.74 Å². The van der Waals surface area contributed by atoms with Gasteiger partial charge in [-0.05, 0) is 23.8 Å². The van der Waals surface area contributed by atoms with E-state index < -0.39 is 10.0 Å². The summed E-state index contributed by atoms with van der Waals surface area (Å²) in [5.74, 6) is -0.237.